The fraction of sp³-hybridized carbons (Fsp3) is 0.611. The number of hydrogen-bond donors (Lipinski definition) is 1. The predicted octanol–water partition coefficient (Wildman–Crippen LogP) is 3.03. The Kier molecular flexibility index (Phi) is 5.04. The van der Waals surface area contributed by atoms with E-state index < -0.39 is 0 Å². The fourth-order valence-corrected chi connectivity index (χ4v) is 3.26. The van der Waals surface area contributed by atoms with E-state index in [1.165, 1.54) is 12.0 Å². The van der Waals surface area contributed by atoms with Crippen molar-refractivity contribution in [1.82, 2.24) is 10.2 Å². The minimum atomic E-state index is 0.215. The summed E-state index contributed by atoms with van der Waals surface area (Å²) in [5, 5.41) is 3.63. The van der Waals surface area contributed by atoms with Crippen LogP contribution in [0.25, 0.3) is 0 Å². The van der Waals surface area contributed by atoms with Crippen LogP contribution in [0.4, 0.5) is 0 Å². The van der Waals surface area contributed by atoms with Gasteiger partial charge in [0.2, 0.25) is 5.91 Å². The van der Waals surface area contributed by atoms with Crippen LogP contribution in [0, 0.1) is 5.41 Å². The molecule has 0 spiro atoms. The Morgan fingerprint density at radius 3 is 2.52 bits per heavy atom. The van der Waals surface area contributed by atoms with Gasteiger partial charge < -0.3 is 10.2 Å². The maximum Gasteiger partial charge on any atom is 0.222 e. The van der Waals surface area contributed by atoms with Crippen LogP contribution in [0.3, 0.4) is 0 Å². The standard InChI is InChI=1S/C18H28N2O/c1-18(2)15(14-9-6-5-7-10-14)13-16(18)19-12-8-11-17(21)20(3)4/h5-7,9-10,15-16,19H,8,11-13H2,1-4H3/t15-,16+/m0/s1. The average Bonchev–Trinajstić information content (AvgIpc) is 2.46. The van der Waals surface area contributed by atoms with Crippen molar-refractivity contribution in [2.45, 2.75) is 45.1 Å². The molecular weight excluding hydrogens is 260 g/mol. The van der Waals surface area contributed by atoms with Gasteiger partial charge in [0.05, 0.1) is 0 Å². The van der Waals surface area contributed by atoms with E-state index in [-0.39, 0.29) is 11.3 Å². The zero-order chi connectivity index (χ0) is 15.5. The molecule has 1 aromatic carbocycles. The summed E-state index contributed by atoms with van der Waals surface area (Å²) in [6.07, 6.45) is 2.74. The van der Waals surface area contributed by atoms with Gasteiger partial charge >= 0.3 is 0 Å². The first-order valence-corrected chi connectivity index (χ1v) is 7.91. The van der Waals surface area contributed by atoms with E-state index in [1.54, 1.807) is 4.90 Å². The van der Waals surface area contributed by atoms with Crippen LogP contribution in [0.1, 0.15) is 44.6 Å². The van der Waals surface area contributed by atoms with Crippen molar-refractivity contribution in [3.05, 3.63) is 35.9 Å². The fourth-order valence-electron chi connectivity index (χ4n) is 3.26. The molecule has 2 rings (SSSR count). The molecule has 1 aliphatic carbocycles. The molecule has 116 valence electrons. The average molecular weight is 288 g/mol. The molecule has 2 atom stereocenters. The first kappa shape index (κ1) is 16.0. The van der Waals surface area contributed by atoms with Crippen LogP contribution in [0.5, 0.6) is 0 Å². The van der Waals surface area contributed by atoms with Crippen LogP contribution < -0.4 is 5.32 Å². The summed E-state index contributed by atoms with van der Waals surface area (Å²) < 4.78 is 0. The van der Waals surface area contributed by atoms with Crippen molar-refractivity contribution in [3.63, 3.8) is 0 Å². The SMILES string of the molecule is CN(C)C(=O)CCCN[C@@H]1C[C@@H](c2ccccc2)C1(C)C. The maximum absolute atomic E-state index is 11.5. The molecule has 21 heavy (non-hydrogen) atoms. The molecule has 0 bridgehead atoms. The van der Waals surface area contributed by atoms with E-state index in [0.29, 0.717) is 18.4 Å². The lowest BCUT2D eigenvalue weighted by Crippen LogP contribution is -2.55. The third kappa shape index (κ3) is 3.65. The van der Waals surface area contributed by atoms with Gasteiger partial charge in [0.25, 0.3) is 0 Å². The van der Waals surface area contributed by atoms with Crippen LogP contribution >= 0.6 is 0 Å². The Morgan fingerprint density at radius 2 is 1.95 bits per heavy atom. The number of hydrogen-bond acceptors (Lipinski definition) is 2. The zero-order valence-electron chi connectivity index (χ0n) is 13.7. The number of benzene rings is 1. The van der Waals surface area contributed by atoms with Gasteiger partial charge in [-0.1, -0.05) is 44.2 Å². The lowest BCUT2D eigenvalue weighted by atomic mass is 9.56. The molecule has 0 aromatic heterocycles. The summed E-state index contributed by atoms with van der Waals surface area (Å²) in [6.45, 7) is 5.61. The van der Waals surface area contributed by atoms with Gasteiger partial charge in [-0.15, -0.1) is 0 Å². The first-order valence-electron chi connectivity index (χ1n) is 7.91. The number of amides is 1. The number of rotatable bonds is 6. The van der Waals surface area contributed by atoms with Gasteiger partial charge in [-0.2, -0.15) is 0 Å². The molecule has 1 fully saturated rings. The lowest BCUT2D eigenvalue weighted by Gasteiger charge is -2.53. The van der Waals surface area contributed by atoms with Crippen molar-refractivity contribution >= 4 is 5.91 Å². The van der Waals surface area contributed by atoms with Crippen LogP contribution in [0.2, 0.25) is 0 Å². The largest absolute Gasteiger partial charge is 0.349 e. The molecule has 3 nitrogen and oxygen atoms in total. The normalized spacial score (nSPS) is 23.4. The molecule has 1 saturated carbocycles. The van der Waals surface area contributed by atoms with E-state index in [4.69, 9.17) is 0 Å². The molecule has 1 aromatic rings. The number of nitrogens with zero attached hydrogens (tertiary/aromatic N) is 1. The smallest absolute Gasteiger partial charge is 0.222 e. The Labute approximate surface area is 128 Å². The molecule has 0 unspecified atom stereocenters. The molecule has 0 aliphatic heterocycles. The highest BCUT2D eigenvalue weighted by Gasteiger charge is 2.48. The third-order valence-electron chi connectivity index (χ3n) is 4.93. The van der Waals surface area contributed by atoms with Crippen LogP contribution in [-0.2, 0) is 4.79 Å². The second-order valence-electron chi connectivity index (χ2n) is 6.92. The summed E-state index contributed by atoms with van der Waals surface area (Å²) in [7, 11) is 3.63. The summed E-state index contributed by atoms with van der Waals surface area (Å²) in [5.74, 6) is 0.853. The van der Waals surface area contributed by atoms with Crippen LogP contribution in [-0.4, -0.2) is 37.5 Å². The van der Waals surface area contributed by atoms with Crippen molar-refractivity contribution < 1.29 is 4.79 Å². The Hall–Kier alpha value is -1.35. The Bertz CT molecular complexity index is 467. The molecule has 1 N–H and O–H groups in total. The lowest BCUT2D eigenvalue weighted by molar-refractivity contribution is -0.128. The van der Waals surface area contributed by atoms with Gasteiger partial charge in [-0.25, -0.2) is 0 Å². The summed E-state index contributed by atoms with van der Waals surface area (Å²) in [5.41, 5.74) is 1.73. The number of carbonyl (C=O) groups is 1. The minimum Gasteiger partial charge on any atom is -0.349 e. The van der Waals surface area contributed by atoms with Gasteiger partial charge in [-0.05, 0) is 36.3 Å². The van der Waals surface area contributed by atoms with Crippen LogP contribution in [0.15, 0.2) is 30.3 Å². The van der Waals surface area contributed by atoms with E-state index in [9.17, 15) is 4.79 Å². The highest BCUT2D eigenvalue weighted by atomic mass is 16.2. The van der Waals surface area contributed by atoms with E-state index in [0.717, 1.165) is 13.0 Å². The summed E-state index contributed by atoms with van der Waals surface area (Å²) in [6, 6.07) is 11.3. The van der Waals surface area contributed by atoms with E-state index >= 15 is 0 Å². The van der Waals surface area contributed by atoms with E-state index in [2.05, 4.69) is 49.5 Å². The third-order valence-corrected chi connectivity index (χ3v) is 4.93. The number of carbonyl (C=O) groups excluding carboxylic acids is 1. The van der Waals surface area contributed by atoms with Gasteiger partial charge in [0.15, 0.2) is 0 Å². The monoisotopic (exact) mass is 288 g/mol. The Morgan fingerprint density at radius 1 is 1.29 bits per heavy atom. The highest BCUT2D eigenvalue weighted by Crippen LogP contribution is 2.52. The maximum atomic E-state index is 11.5. The first-order chi connectivity index (χ1) is 9.93. The van der Waals surface area contributed by atoms with Gasteiger partial charge in [0.1, 0.15) is 0 Å². The van der Waals surface area contributed by atoms with Crippen molar-refractivity contribution in [2.24, 2.45) is 5.41 Å². The molecular formula is C18H28N2O. The quantitative estimate of drug-likeness (QED) is 0.816. The second kappa shape index (κ2) is 6.61. The predicted molar refractivity (Wildman–Crippen MR) is 87.3 cm³/mol. The molecule has 1 amide bonds. The number of nitrogens with one attached hydrogen (secondary N) is 1. The summed E-state index contributed by atoms with van der Waals surface area (Å²) >= 11 is 0. The van der Waals surface area contributed by atoms with Gasteiger partial charge in [0, 0.05) is 26.6 Å². The second-order valence-corrected chi connectivity index (χ2v) is 6.92. The zero-order valence-corrected chi connectivity index (χ0v) is 13.7. The Balaban J connectivity index is 1.76. The highest BCUT2D eigenvalue weighted by molar-refractivity contribution is 5.75. The molecule has 0 radical (unpaired) electrons. The molecule has 1 aliphatic rings. The van der Waals surface area contributed by atoms with Crippen molar-refractivity contribution in [3.8, 4) is 0 Å². The molecule has 0 heterocycles. The van der Waals surface area contributed by atoms with Crippen molar-refractivity contribution in [2.75, 3.05) is 20.6 Å². The summed E-state index contributed by atoms with van der Waals surface area (Å²) in [4.78, 5) is 13.2. The topological polar surface area (TPSA) is 32.3 Å². The minimum absolute atomic E-state index is 0.215. The molecule has 3 heteroatoms. The van der Waals surface area contributed by atoms with E-state index in [1.807, 2.05) is 14.1 Å². The molecule has 0 saturated heterocycles. The van der Waals surface area contributed by atoms with Gasteiger partial charge in [-0.3, -0.25) is 4.79 Å². The van der Waals surface area contributed by atoms with Crippen molar-refractivity contribution in [1.29, 1.82) is 0 Å².